The van der Waals surface area contributed by atoms with Crippen molar-refractivity contribution in [1.29, 1.82) is 0 Å². The maximum absolute atomic E-state index is 12.5. The molecule has 6 nitrogen and oxygen atoms in total. The Kier molecular flexibility index (Phi) is 3.86. The molecule has 3 heterocycles. The summed E-state index contributed by atoms with van der Waals surface area (Å²) in [6.45, 7) is 1.99. The predicted octanol–water partition coefficient (Wildman–Crippen LogP) is 3.15. The molecule has 0 aromatic carbocycles. The monoisotopic (exact) mass is 339 g/mol. The zero-order chi connectivity index (χ0) is 16.5. The smallest absolute Gasteiger partial charge is 0.271 e. The van der Waals surface area contributed by atoms with Crippen LogP contribution in [-0.4, -0.2) is 26.9 Å². The predicted molar refractivity (Wildman–Crippen MR) is 94.2 cm³/mol. The van der Waals surface area contributed by atoms with Crippen molar-refractivity contribution >= 4 is 33.4 Å². The number of carbonyl (C=O) groups excluding carboxylic acids is 1. The second kappa shape index (κ2) is 6.16. The summed E-state index contributed by atoms with van der Waals surface area (Å²) in [7, 11) is 0. The van der Waals surface area contributed by atoms with Crippen molar-refractivity contribution in [3.63, 3.8) is 0 Å². The Labute approximate surface area is 143 Å². The van der Waals surface area contributed by atoms with Crippen molar-refractivity contribution in [2.75, 3.05) is 5.32 Å². The first-order valence-electron chi connectivity index (χ1n) is 7.94. The summed E-state index contributed by atoms with van der Waals surface area (Å²) in [4.78, 5) is 25.8. The summed E-state index contributed by atoms with van der Waals surface area (Å²) in [6, 6.07) is 7.92. The van der Waals surface area contributed by atoms with Gasteiger partial charge < -0.3 is 10.6 Å². The van der Waals surface area contributed by atoms with E-state index in [1.807, 2.05) is 36.6 Å². The van der Waals surface area contributed by atoms with E-state index >= 15 is 0 Å². The first-order valence-corrected chi connectivity index (χ1v) is 8.82. The van der Waals surface area contributed by atoms with Crippen molar-refractivity contribution < 1.29 is 4.79 Å². The van der Waals surface area contributed by atoms with Gasteiger partial charge in [-0.1, -0.05) is 6.07 Å². The lowest BCUT2D eigenvalue weighted by Gasteiger charge is -2.14. The molecule has 3 aromatic heterocycles. The van der Waals surface area contributed by atoms with E-state index in [4.69, 9.17) is 0 Å². The summed E-state index contributed by atoms with van der Waals surface area (Å²) in [5.41, 5.74) is 2.12. The molecular formula is C17H17N5OS. The third-order valence-corrected chi connectivity index (χ3v) is 4.82. The van der Waals surface area contributed by atoms with Crippen molar-refractivity contribution in [3.05, 3.63) is 47.2 Å². The molecule has 1 unspecified atom stereocenters. The van der Waals surface area contributed by atoms with Crippen LogP contribution in [0.5, 0.6) is 0 Å². The lowest BCUT2D eigenvalue weighted by molar-refractivity contribution is 0.0948. The Hall–Kier alpha value is -2.54. The number of hydrogen-bond donors (Lipinski definition) is 2. The number of pyridine rings is 1. The van der Waals surface area contributed by atoms with E-state index < -0.39 is 0 Å². The highest BCUT2D eigenvalue weighted by atomic mass is 32.1. The summed E-state index contributed by atoms with van der Waals surface area (Å²) >= 11 is 1.49. The molecule has 7 heteroatoms. The Morgan fingerprint density at radius 1 is 1.29 bits per heavy atom. The quantitative estimate of drug-likeness (QED) is 0.746. The van der Waals surface area contributed by atoms with Crippen LogP contribution in [0.3, 0.4) is 0 Å². The van der Waals surface area contributed by atoms with E-state index in [0.29, 0.717) is 17.7 Å². The third-order valence-electron chi connectivity index (χ3n) is 3.91. The number of amides is 1. The van der Waals surface area contributed by atoms with E-state index in [0.717, 1.165) is 28.8 Å². The van der Waals surface area contributed by atoms with Gasteiger partial charge >= 0.3 is 0 Å². The van der Waals surface area contributed by atoms with Crippen LogP contribution in [0.1, 0.15) is 42.0 Å². The molecular weight excluding hydrogens is 322 g/mol. The summed E-state index contributed by atoms with van der Waals surface area (Å²) < 4.78 is 0.823. The average Bonchev–Trinajstić information content (AvgIpc) is 3.28. The number of carbonyl (C=O) groups is 1. The molecule has 1 amide bonds. The van der Waals surface area contributed by atoms with Crippen molar-refractivity contribution in [2.45, 2.75) is 31.8 Å². The number of anilines is 1. The average molecular weight is 339 g/mol. The highest BCUT2D eigenvalue weighted by Gasteiger charge is 2.26. The minimum atomic E-state index is -0.124. The van der Waals surface area contributed by atoms with Gasteiger partial charge in [0.15, 0.2) is 5.69 Å². The molecule has 1 saturated carbocycles. The van der Waals surface area contributed by atoms with Gasteiger partial charge in [0.1, 0.15) is 0 Å². The van der Waals surface area contributed by atoms with Gasteiger partial charge in [0.2, 0.25) is 5.95 Å². The normalized spacial score (nSPS) is 15.2. The molecule has 122 valence electrons. The van der Waals surface area contributed by atoms with Gasteiger partial charge in [-0.2, -0.15) is 0 Å². The second-order valence-electron chi connectivity index (χ2n) is 5.90. The number of nitrogens with zero attached hydrogens (tertiary/aromatic N) is 3. The van der Waals surface area contributed by atoms with Gasteiger partial charge in [0, 0.05) is 12.2 Å². The summed E-state index contributed by atoms with van der Waals surface area (Å²) in [5, 5.41) is 8.18. The fourth-order valence-corrected chi connectivity index (χ4v) is 3.28. The van der Waals surface area contributed by atoms with Gasteiger partial charge in [-0.25, -0.2) is 9.97 Å². The SMILES string of the molecule is CC(Nc1nc(C(=O)NC2CC2)c2sccc2n1)c1ccccn1. The highest BCUT2D eigenvalue weighted by molar-refractivity contribution is 7.17. The number of rotatable bonds is 5. The van der Waals surface area contributed by atoms with Crippen LogP contribution in [-0.2, 0) is 0 Å². The Balaban J connectivity index is 1.64. The zero-order valence-corrected chi connectivity index (χ0v) is 14.0. The maximum Gasteiger partial charge on any atom is 0.271 e. The van der Waals surface area contributed by atoms with Crippen LogP contribution in [0.4, 0.5) is 5.95 Å². The van der Waals surface area contributed by atoms with E-state index in [2.05, 4.69) is 25.6 Å². The maximum atomic E-state index is 12.5. The molecule has 24 heavy (non-hydrogen) atoms. The minimum absolute atomic E-state index is 0.0540. The first kappa shape index (κ1) is 15.0. The number of thiophene rings is 1. The number of fused-ring (bicyclic) bond motifs is 1. The van der Waals surface area contributed by atoms with Crippen molar-refractivity contribution in [2.24, 2.45) is 0 Å². The molecule has 0 spiro atoms. The molecule has 1 aliphatic carbocycles. The van der Waals surface area contributed by atoms with E-state index in [-0.39, 0.29) is 11.9 Å². The van der Waals surface area contributed by atoms with E-state index in [1.165, 1.54) is 11.3 Å². The second-order valence-corrected chi connectivity index (χ2v) is 6.82. The van der Waals surface area contributed by atoms with Crippen LogP contribution in [0.25, 0.3) is 10.2 Å². The number of nitrogens with one attached hydrogen (secondary N) is 2. The van der Waals surface area contributed by atoms with Crippen LogP contribution < -0.4 is 10.6 Å². The summed E-state index contributed by atoms with van der Waals surface area (Å²) in [5.74, 6) is 0.320. The third kappa shape index (κ3) is 3.07. The molecule has 3 aromatic rings. The zero-order valence-electron chi connectivity index (χ0n) is 13.2. The molecule has 0 aliphatic heterocycles. The van der Waals surface area contributed by atoms with E-state index in [1.54, 1.807) is 6.20 Å². The topological polar surface area (TPSA) is 79.8 Å². The Morgan fingerprint density at radius 2 is 2.17 bits per heavy atom. The van der Waals surface area contributed by atoms with Gasteiger partial charge in [-0.05, 0) is 43.3 Å². The molecule has 4 rings (SSSR count). The van der Waals surface area contributed by atoms with Gasteiger partial charge in [-0.3, -0.25) is 9.78 Å². The largest absolute Gasteiger partial charge is 0.348 e. The molecule has 1 fully saturated rings. The standard InChI is InChI=1S/C17H17N5OS/c1-10(12-4-2-3-8-18-12)19-17-21-13-7-9-24-15(13)14(22-17)16(23)20-11-5-6-11/h2-4,7-11H,5-6H2,1H3,(H,20,23)(H,19,21,22). The Morgan fingerprint density at radius 3 is 2.92 bits per heavy atom. The fourth-order valence-electron chi connectivity index (χ4n) is 2.46. The molecule has 0 bridgehead atoms. The number of aromatic nitrogens is 3. The van der Waals surface area contributed by atoms with Crippen LogP contribution in [0, 0.1) is 0 Å². The van der Waals surface area contributed by atoms with Gasteiger partial charge in [-0.15, -0.1) is 11.3 Å². The van der Waals surface area contributed by atoms with Crippen LogP contribution in [0.15, 0.2) is 35.8 Å². The molecule has 1 aliphatic rings. The van der Waals surface area contributed by atoms with Gasteiger partial charge in [0.25, 0.3) is 5.91 Å². The van der Waals surface area contributed by atoms with Crippen molar-refractivity contribution in [3.8, 4) is 0 Å². The highest BCUT2D eigenvalue weighted by Crippen LogP contribution is 2.26. The lowest BCUT2D eigenvalue weighted by Crippen LogP contribution is -2.27. The fraction of sp³-hybridized carbons (Fsp3) is 0.294. The first-order chi connectivity index (χ1) is 11.7. The van der Waals surface area contributed by atoms with Crippen molar-refractivity contribution in [1.82, 2.24) is 20.3 Å². The molecule has 0 radical (unpaired) electrons. The molecule has 0 saturated heterocycles. The lowest BCUT2D eigenvalue weighted by atomic mass is 10.2. The minimum Gasteiger partial charge on any atom is -0.348 e. The molecule has 1 atom stereocenters. The summed E-state index contributed by atoms with van der Waals surface area (Å²) in [6.07, 6.45) is 3.85. The number of hydrogen-bond acceptors (Lipinski definition) is 6. The van der Waals surface area contributed by atoms with Crippen LogP contribution in [0.2, 0.25) is 0 Å². The van der Waals surface area contributed by atoms with Crippen LogP contribution >= 0.6 is 11.3 Å². The Bertz CT molecular complexity index is 875. The van der Waals surface area contributed by atoms with Gasteiger partial charge in [0.05, 0.1) is 22.0 Å². The molecule has 2 N–H and O–H groups in total. The van der Waals surface area contributed by atoms with E-state index in [9.17, 15) is 4.79 Å².